The first-order chi connectivity index (χ1) is 7.72. The van der Waals surface area contributed by atoms with Crippen molar-refractivity contribution in [2.75, 3.05) is 0 Å². The zero-order chi connectivity index (χ0) is 11.5. The van der Waals surface area contributed by atoms with E-state index in [1.165, 1.54) is 0 Å². The van der Waals surface area contributed by atoms with Gasteiger partial charge in [0.25, 0.3) is 0 Å². The van der Waals surface area contributed by atoms with E-state index in [2.05, 4.69) is 22.0 Å². The Hall–Kier alpha value is -1.69. The van der Waals surface area contributed by atoms with Gasteiger partial charge in [0.2, 0.25) is 5.89 Å². The topological polar surface area (TPSA) is 82.8 Å². The molecule has 0 aliphatic heterocycles. The van der Waals surface area contributed by atoms with E-state index in [9.17, 15) is 0 Å². The first-order valence-electron chi connectivity index (χ1n) is 5.28. The molecule has 6 nitrogen and oxygen atoms in total. The summed E-state index contributed by atoms with van der Waals surface area (Å²) in [7, 11) is 0. The third kappa shape index (κ3) is 1.96. The van der Waals surface area contributed by atoms with E-state index in [1.54, 1.807) is 19.4 Å². The van der Waals surface area contributed by atoms with Gasteiger partial charge in [0.1, 0.15) is 6.04 Å². The van der Waals surface area contributed by atoms with Crippen LogP contribution in [0.5, 0.6) is 0 Å². The van der Waals surface area contributed by atoms with Crippen molar-refractivity contribution in [1.82, 2.24) is 19.7 Å². The molecule has 16 heavy (non-hydrogen) atoms. The third-order valence-corrected chi connectivity index (χ3v) is 2.35. The highest BCUT2D eigenvalue weighted by molar-refractivity contribution is 5.14. The molecule has 6 heteroatoms. The van der Waals surface area contributed by atoms with Crippen LogP contribution in [0, 0.1) is 6.92 Å². The van der Waals surface area contributed by atoms with Gasteiger partial charge in [0, 0.05) is 13.5 Å². The van der Waals surface area contributed by atoms with Crippen LogP contribution < -0.4 is 5.73 Å². The normalized spacial score (nSPS) is 12.9. The SMILES string of the molecule is CCCn1cncc1C(N)c1noc(C)n1. The van der Waals surface area contributed by atoms with E-state index < -0.39 is 0 Å². The Morgan fingerprint density at radius 1 is 1.56 bits per heavy atom. The molecule has 0 aliphatic rings. The van der Waals surface area contributed by atoms with Gasteiger partial charge in [0.15, 0.2) is 5.82 Å². The highest BCUT2D eigenvalue weighted by Gasteiger charge is 2.18. The van der Waals surface area contributed by atoms with Crippen molar-refractivity contribution in [3.05, 3.63) is 29.9 Å². The van der Waals surface area contributed by atoms with E-state index in [0.717, 1.165) is 18.7 Å². The molecular formula is C10H15N5O. The van der Waals surface area contributed by atoms with Gasteiger partial charge in [-0.15, -0.1) is 0 Å². The standard InChI is InChI=1S/C10H15N5O/c1-3-4-15-6-12-5-8(15)9(11)10-13-7(2)16-14-10/h5-6,9H,3-4,11H2,1-2H3. The van der Waals surface area contributed by atoms with Crippen molar-refractivity contribution in [2.24, 2.45) is 5.73 Å². The minimum atomic E-state index is -0.383. The molecule has 86 valence electrons. The van der Waals surface area contributed by atoms with E-state index in [4.69, 9.17) is 10.3 Å². The number of nitrogens with zero attached hydrogens (tertiary/aromatic N) is 4. The molecule has 0 saturated carbocycles. The molecule has 0 saturated heterocycles. The summed E-state index contributed by atoms with van der Waals surface area (Å²) in [5.41, 5.74) is 6.96. The number of nitrogens with two attached hydrogens (primary N) is 1. The average Bonchev–Trinajstić information content (AvgIpc) is 2.87. The first-order valence-corrected chi connectivity index (χ1v) is 5.28. The second-order valence-electron chi connectivity index (χ2n) is 3.66. The predicted octanol–water partition coefficient (Wildman–Crippen LogP) is 1.03. The molecule has 2 aromatic heterocycles. The second kappa shape index (κ2) is 4.44. The Balaban J connectivity index is 2.26. The summed E-state index contributed by atoms with van der Waals surface area (Å²) >= 11 is 0. The summed E-state index contributed by atoms with van der Waals surface area (Å²) in [4.78, 5) is 8.21. The summed E-state index contributed by atoms with van der Waals surface area (Å²) in [5, 5.41) is 3.82. The zero-order valence-corrected chi connectivity index (χ0v) is 9.42. The molecule has 0 aliphatic carbocycles. The lowest BCUT2D eigenvalue weighted by Crippen LogP contribution is -2.18. The molecule has 0 amide bonds. The second-order valence-corrected chi connectivity index (χ2v) is 3.66. The Labute approximate surface area is 93.5 Å². The molecule has 2 rings (SSSR count). The molecular weight excluding hydrogens is 206 g/mol. The molecule has 0 bridgehead atoms. The van der Waals surface area contributed by atoms with Gasteiger partial charge in [-0.05, 0) is 6.42 Å². The number of hydrogen-bond acceptors (Lipinski definition) is 5. The van der Waals surface area contributed by atoms with E-state index in [1.807, 2.05) is 4.57 Å². The van der Waals surface area contributed by atoms with E-state index in [0.29, 0.717) is 11.7 Å². The molecule has 2 N–H and O–H groups in total. The third-order valence-electron chi connectivity index (χ3n) is 2.35. The van der Waals surface area contributed by atoms with Crippen LogP contribution in [0.2, 0.25) is 0 Å². The minimum Gasteiger partial charge on any atom is -0.340 e. The number of imidazole rings is 1. The summed E-state index contributed by atoms with van der Waals surface area (Å²) in [6.45, 7) is 4.74. The molecule has 2 aromatic rings. The fraction of sp³-hybridized carbons (Fsp3) is 0.500. The molecule has 1 atom stereocenters. The van der Waals surface area contributed by atoms with Crippen LogP contribution in [-0.2, 0) is 6.54 Å². The number of aromatic nitrogens is 4. The maximum atomic E-state index is 6.06. The maximum absolute atomic E-state index is 6.06. The lowest BCUT2D eigenvalue weighted by molar-refractivity contribution is 0.384. The number of rotatable bonds is 4. The van der Waals surface area contributed by atoms with Crippen LogP contribution in [0.1, 0.15) is 36.8 Å². The van der Waals surface area contributed by atoms with Crippen LogP contribution in [0.25, 0.3) is 0 Å². The van der Waals surface area contributed by atoms with E-state index in [-0.39, 0.29) is 6.04 Å². The Morgan fingerprint density at radius 2 is 2.38 bits per heavy atom. The van der Waals surface area contributed by atoms with Gasteiger partial charge >= 0.3 is 0 Å². The maximum Gasteiger partial charge on any atom is 0.223 e. The Kier molecular flexibility index (Phi) is 3.00. The Bertz CT molecular complexity index is 461. The average molecular weight is 221 g/mol. The van der Waals surface area contributed by atoms with Crippen molar-refractivity contribution < 1.29 is 4.52 Å². The van der Waals surface area contributed by atoms with Crippen molar-refractivity contribution >= 4 is 0 Å². The molecule has 2 heterocycles. The van der Waals surface area contributed by atoms with E-state index >= 15 is 0 Å². The first kappa shape index (κ1) is 10.8. The fourth-order valence-corrected chi connectivity index (χ4v) is 1.59. The molecule has 1 unspecified atom stereocenters. The van der Waals surface area contributed by atoms with Crippen molar-refractivity contribution in [2.45, 2.75) is 32.9 Å². The van der Waals surface area contributed by atoms with Crippen molar-refractivity contribution in [3.63, 3.8) is 0 Å². The predicted molar refractivity (Wildman–Crippen MR) is 57.6 cm³/mol. The quantitative estimate of drug-likeness (QED) is 0.833. The monoisotopic (exact) mass is 221 g/mol. The largest absolute Gasteiger partial charge is 0.340 e. The van der Waals surface area contributed by atoms with Gasteiger partial charge in [-0.25, -0.2) is 4.98 Å². The van der Waals surface area contributed by atoms with Crippen LogP contribution in [-0.4, -0.2) is 19.7 Å². The Morgan fingerprint density at radius 3 is 3.00 bits per heavy atom. The van der Waals surface area contributed by atoms with Crippen LogP contribution in [0.4, 0.5) is 0 Å². The minimum absolute atomic E-state index is 0.383. The molecule has 0 radical (unpaired) electrons. The lowest BCUT2D eigenvalue weighted by atomic mass is 10.2. The van der Waals surface area contributed by atoms with Crippen LogP contribution in [0.3, 0.4) is 0 Å². The summed E-state index contributed by atoms with van der Waals surface area (Å²) in [6, 6.07) is -0.383. The smallest absolute Gasteiger partial charge is 0.223 e. The van der Waals surface area contributed by atoms with Crippen LogP contribution >= 0.6 is 0 Å². The lowest BCUT2D eigenvalue weighted by Gasteiger charge is -2.10. The van der Waals surface area contributed by atoms with Crippen molar-refractivity contribution in [1.29, 1.82) is 0 Å². The highest BCUT2D eigenvalue weighted by atomic mass is 16.5. The van der Waals surface area contributed by atoms with Gasteiger partial charge in [-0.3, -0.25) is 0 Å². The van der Waals surface area contributed by atoms with Gasteiger partial charge < -0.3 is 14.8 Å². The molecule has 0 spiro atoms. The summed E-state index contributed by atoms with van der Waals surface area (Å²) < 4.78 is 6.92. The number of aryl methyl sites for hydroxylation is 2. The highest BCUT2D eigenvalue weighted by Crippen LogP contribution is 2.16. The zero-order valence-electron chi connectivity index (χ0n) is 9.42. The van der Waals surface area contributed by atoms with Crippen LogP contribution in [0.15, 0.2) is 17.0 Å². The summed E-state index contributed by atoms with van der Waals surface area (Å²) in [5.74, 6) is 1.02. The van der Waals surface area contributed by atoms with Gasteiger partial charge in [-0.2, -0.15) is 4.98 Å². The van der Waals surface area contributed by atoms with Gasteiger partial charge in [-0.1, -0.05) is 12.1 Å². The summed E-state index contributed by atoms with van der Waals surface area (Å²) in [6.07, 6.45) is 4.54. The number of hydrogen-bond donors (Lipinski definition) is 1. The van der Waals surface area contributed by atoms with Gasteiger partial charge in [0.05, 0.1) is 18.2 Å². The fourth-order valence-electron chi connectivity index (χ4n) is 1.59. The molecule has 0 aromatic carbocycles. The molecule has 0 fully saturated rings. The van der Waals surface area contributed by atoms with Crippen molar-refractivity contribution in [3.8, 4) is 0 Å².